The van der Waals surface area contributed by atoms with Crippen molar-refractivity contribution in [2.24, 2.45) is 0 Å². The number of halogens is 1. The molecule has 0 amide bonds. The molecular formula is C21H18ClNO2. The first kappa shape index (κ1) is 16.0. The molecule has 0 aliphatic carbocycles. The highest BCUT2D eigenvalue weighted by Crippen LogP contribution is 2.28. The predicted molar refractivity (Wildman–Crippen MR) is 102 cm³/mol. The van der Waals surface area contributed by atoms with Crippen LogP contribution in [-0.4, -0.2) is 22.4 Å². The van der Waals surface area contributed by atoms with Crippen LogP contribution in [0.15, 0.2) is 72.8 Å². The number of ether oxygens (including phenoxy) is 1. The molecule has 0 spiro atoms. The lowest BCUT2D eigenvalue weighted by molar-refractivity contribution is 0.0945. The predicted octanol–water partition coefficient (Wildman–Crippen LogP) is 4.89. The van der Waals surface area contributed by atoms with Gasteiger partial charge in [0.2, 0.25) is 0 Å². The minimum atomic E-state index is -0.616. The van der Waals surface area contributed by atoms with Gasteiger partial charge in [-0.15, -0.1) is 0 Å². The zero-order valence-electron chi connectivity index (χ0n) is 13.6. The first-order valence-electron chi connectivity index (χ1n) is 8.25. The van der Waals surface area contributed by atoms with E-state index in [9.17, 15) is 5.11 Å². The Morgan fingerprint density at radius 1 is 0.840 bits per heavy atom. The highest BCUT2D eigenvalue weighted by molar-refractivity contribution is 6.30. The van der Waals surface area contributed by atoms with Gasteiger partial charge < -0.3 is 14.4 Å². The average Bonchev–Trinajstić information content (AvgIpc) is 2.96. The van der Waals surface area contributed by atoms with Gasteiger partial charge >= 0.3 is 0 Å². The number of para-hydroxylation sites is 2. The lowest BCUT2D eigenvalue weighted by Gasteiger charge is -2.15. The SMILES string of the molecule is O[C@H](COc1ccc(Cl)cc1)Cn1c2ccccc2c2ccccc21. The molecule has 1 aromatic heterocycles. The fraction of sp³-hybridized carbons (Fsp3) is 0.143. The average molecular weight is 352 g/mol. The quantitative estimate of drug-likeness (QED) is 0.555. The molecule has 1 heterocycles. The molecule has 4 heteroatoms. The Morgan fingerprint density at radius 3 is 2.00 bits per heavy atom. The van der Waals surface area contributed by atoms with Crippen molar-refractivity contribution in [1.82, 2.24) is 4.57 Å². The van der Waals surface area contributed by atoms with Crippen molar-refractivity contribution in [2.45, 2.75) is 12.6 Å². The third-order valence-corrected chi connectivity index (χ3v) is 4.58. The van der Waals surface area contributed by atoms with E-state index >= 15 is 0 Å². The van der Waals surface area contributed by atoms with Gasteiger partial charge in [0, 0.05) is 26.8 Å². The van der Waals surface area contributed by atoms with E-state index in [-0.39, 0.29) is 6.61 Å². The standard InChI is InChI=1S/C21H18ClNO2/c22-15-9-11-17(12-10-15)25-14-16(24)13-23-20-7-3-1-5-18(20)19-6-2-4-8-21(19)23/h1-12,16,24H,13-14H2/t16-/m0/s1. The summed E-state index contributed by atoms with van der Waals surface area (Å²) in [5, 5.41) is 13.5. The summed E-state index contributed by atoms with van der Waals surface area (Å²) in [6, 6.07) is 23.7. The Kier molecular flexibility index (Phi) is 4.35. The van der Waals surface area contributed by atoms with E-state index < -0.39 is 6.10 Å². The molecule has 0 saturated carbocycles. The molecule has 0 fully saturated rings. The van der Waals surface area contributed by atoms with Gasteiger partial charge in [0.1, 0.15) is 18.5 Å². The summed E-state index contributed by atoms with van der Waals surface area (Å²) in [4.78, 5) is 0. The molecule has 0 unspecified atom stereocenters. The van der Waals surface area contributed by atoms with Crippen molar-refractivity contribution in [3.05, 3.63) is 77.8 Å². The second kappa shape index (κ2) is 6.79. The molecule has 1 atom stereocenters. The first-order valence-corrected chi connectivity index (χ1v) is 8.62. The summed E-state index contributed by atoms with van der Waals surface area (Å²) in [5.41, 5.74) is 2.24. The number of aliphatic hydroxyl groups excluding tert-OH is 1. The van der Waals surface area contributed by atoms with Gasteiger partial charge in [-0.05, 0) is 36.4 Å². The number of nitrogens with zero attached hydrogens (tertiary/aromatic N) is 1. The van der Waals surface area contributed by atoms with Crippen LogP contribution >= 0.6 is 11.6 Å². The zero-order chi connectivity index (χ0) is 17.2. The van der Waals surface area contributed by atoms with Crippen molar-refractivity contribution in [3.63, 3.8) is 0 Å². The molecule has 0 bridgehead atoms. The van der Waals surface area contributed by atoms with Crippen LogP contribution in [0.25, 0.3) is 21.8 Å². The van der Waals surface area contributed by atoms with Crippen LogP contribution < -0.4 is 4.74 Å². The summed E-state index contributed by atoms with van der Waals surface area (Å²) in [6.45, 7) is 0.698. The maximum atomic E-state index is 10.5. The molecule has 0 aliphatic heterocycles. The largest absolute Gasteiger partial charge is 0.491 e. The van der Waals surface area contributed by atoms with Gasteiger partial charge in [-0.25, -0.2) is 0 Å². The number of hydrogen-bond acceptors (Lipinski definition) is 2. The fourth-order valence-corrected chi connectivity index (χ4v) is 3.31. The van der Waals surface area contributed by atoms with Crippen molar-refractivity contribution >= 4 is 33.4 Å². The molecule has 3 nitrogen and oxygen atoms in total. The Labute approximate surface area is 151 Å². The molecule has 126 valence electrons. The number of aromatic nitrogens is 1. The lowest BCUT2D eigenvalue weighted by atomic mass is 10.2. The number of fused-ring (bicyclic) bond motifs is 3. The van der Waals surface area contributed by atoms with E-state index in [1.807, 2.05) is 24.3 Å². The molecular weight excluding hydrogens is 334 g/mol. The summed E-state index contributed by atoms with van der Waals surface area (Å²) in [6.07, 6.45) is -0.616. The van der Waals surface area contributed by atoms with Gasteiger partial charge in [-0.3, -0.25) is 0 Å². The summed E-state index contributed by atoms with van der Waals surface area (Å²) < 4.78 is 7.83. The van der Waals surface area contributed by atoms with Gasteiger partial charge in [0.05, 0.1) is 6.54 Å². The minimum absolute atomic E-state index is 0.225. The third-order valence-electron chi connectivity index (χ3n) is 4.33. The van der Waals surface area contributed by atoms with Crippen LogP contribution in [0.2, 0.25) is 5.02 Å². The van der Waals surface area contributed by atoms with E-state index in [4.69, 9.17) is 16.3 Å². The molecule has 25 heavy (non-hydrogen) atoms. The van der Waals surface area contributed by atoms with Crippen LogP contribution in [0.4, 0.5) is 0 Å². The highest BCUT2D eigenvalue weighted by atomic mass is 35.5. The Balaban J connectivity index is 1.58. The van der Waals surface area contributed by atoms with Crippen LogP contribution in [0.5, 0.6) is 5.75 Å². The molecule has 0 radical (unpaired) electrons. The summed E-state index contributed by atoms with van der Waals surface area (Å²) in [7, 11) is 0. The van der Waals surface area contributed by atoms with Gasteiger partial charge in [-0.2, -0.15) is 0 Å². The number of rotatable bonds is 5. The maximum Gasteiger partial charge on any atom is 0.119 e. The Bertz CT molecular complexity index is 954. The molecule has 4 rings (SSSR count). The van der Waals surface area contributed by atoms with Crippen molar-refractivity contribution in [1.29, 1.82) is 0 Å². The van der Waals surface area contributed by atoms with E-state index in [1.165, 1.54) is 10.8 Å². The van der Waals surface area contributed by atoms with Crippen LogP contribution in [0.1, 0.15) is 0 Å². The molecule has 3 aromatic carbocycles. The summed E-state index contributed by atoms with van der Waals surface area (Å²) in [5.74, 6) is 0.700. The number of benzene rings is 3. The molecule has 4 aromatic rings. The minimum Gasteiger partial charge on any atom is -0.491 e. The van der Waals surface area contributed by atoms with Gasteiger partial charge in [0.25, 0.3) is 0 Å². The van der Waals surface area contributed by atoms with Crippen LogP contribution in [-0.2, 0) is 6.54 Å². The number of hydrogen-bond donors (Lipinski definition) is 1. The molecule has 1 N–H and O–H groups in total. The fourth-order valence-electron chi connectivity index (χ4n) is 3.19. The molecule has 0 aliphatic rings. The van der Waals surface area contributed by atoms with Gasteiger partial charge in [0.15, 0.2) is 0 Å². The van der Waals surface area contributed by atoms with Gasteiger partial charge in [-0.1, -0.05) is 48.0 Å². The number of aliphatic hydroxyl groups is 1. The van der Waals surface area contributed by atoms with E-state index in [1.54, 1.807) is 24.3 Å². The van der Waals surface area contributed by atoms with Crippen molar-refractivity contribution in [2.75, 3.05) is 6.61 Å². The monoisotopic (exact) mass is 351 g/mol. The maximum absolute atomic E-state index is 10.5. The van der Waals surface area contributed by atoms with Crippen molar-refractivity contribution < 1.29 is 9.84 Å². The first-order chi connectivity index (χ1) is 12.2. The highest BCUT2D eigenvalue weighted by Gasteiger charge is 2.13. The lowest BCUT2D eigenvalue weighted by Crippen LogP contribution is -2.23. The normalized spacial score (nSPS) is 12.6. The Hall–Kier alpha value is -2.49. The zero-order valence-corrected chi connectivity index (χ0v) is 14.4. The smallest absolute Gasteiger partial charge is 0.119 e. The van der Waals surface area contributed by atoms with E-state index in [0.717, 1.165) is 11.0 Å². The van der Waals surface area contributed by atoms with E-state index in [2.05, 4.69) is 28.8 Å². The Morgan fingerprint density at radius 2 is 1.40 bits per heavy atom. The van der Waals surface area contributed by atoms with E-state index in [0.29, 0.717) is 17.3 Å². The second-order valence-electron chi connectivity index (χ2n) is 6.06. The third kappa shape index (κ3) is 3.21. The topological polar surface area (TPSA) is 34.4 Å². The summed E-state index contributed by atoms with van der Waals surface area (Å²) >= 11 is 5.87. The van der Waals surface area contributed by atoms with Crippen LogP contribution in [0, 0.1) is 0 Å². The van der Waals surface area contributed by atoms with Crippen molar-refractivity contribution in [3.8, 4) is 5.75 Å². The molecule has 0 saturated heterocycles. The van der Waals surface area contributed by atoms with Crippen LogP contribution in [0.3, 0.4) is 0 Å². The second-order valence-corrected chi connectivity index (χ2v) is 6.50.